The number of hydrogen-bond donors (Lipinski definition) is 2. The zero-order valence-electron chi connectivity index (χ0n) is 10.5. The first-order valence-electron chi connectivity index (χ1n) is 6.03. The van der Waals surface area contributed by atoms with E-state index >= 15 is 0 Å². The Morgan fingerprint density at radius 1 is 1.18 bits per heavy atom. The number of aliphatic carboxylic acids is 1. The molecule has 0 saturated carbocycles. The van der Waals surface area contributed by atoms with Gasteiger partial charge in [-0.2, -0.15) is 0 Å². The van der Waals surface area contributed by atoms with Crippen molar-refractivity contribution in [2.24, 2.45) is 17.6 Å². The molecule has 0 heterocycles. The van der Waals surface area contributed by atoms with Crippen molar-refractivity contribution in [1.29, 1.82) is 0 Å². The summed E-state index contributed by atoms with van der Waals surface area (Å²) in [7, 11) is 0. The summed E-state index contributed by atoms with van der Waals surface area (Å²) < 4.78 is 0. The van der Waals surface area contributed by atoms with Gasteiger partial charge in [0.15, 0.2) is 0 Å². The molecule has 1 aromatic rings. The van der Waals surface area contributed by atoms with Gasteiger partial charge in [0.2, 0.25) is 0 Å². The van der Waals surface area contributed by atoms with Crippen LogP contribution in [0.4, 0.5) is 0 Å². The SMILES string of the molecule is CC(C)Cc1ccc(CC(CN)C(=O)O)cc1. The van der Waals surface area contributed by atoms with Crippen LogP contribution in [0, 0.1) is 11.8 Å². The normalized spacial score (nSPS) is 12.7. The fourth-order valence-corrected chi connectivity index (χ4v) is 1.84. The number of carbonyl (C=O) groups is 1. The van der Waals surface area contributed by atoms with Crippen LogP contribution < -0.4 is 5.73 Å². The third kappa shape index (κ3) is 4.57. The smallest absolute Gasteiger partial charge is 0.308 e. The number of carboxylic acid groups (broad SMARTS) is 1. The van der Waals surface area contributed by atoms with Gasteiger partial charge in [-0.15, -0.1) is 0 Å². The molecule has 94 valence electrons. The Bertz CT molecular complexity index is 357. The molecule has 0 fully saturated rings. The Kier molecular flexibility index (Phi) is 5.16. The van der Waals surface area contributed by atoms with Crippen molar-refractivity contribution in [3.8, 4) is 0 Å². The highest BCUT2D eigenvalue weighted by atomic mass is 16.4. The van der Waals surface area contributed by atoms with Gasteiger partial charge in [-0.3, -0.25) is 4.79 Å². The molecular formula is C14H21NO2. The number of rotatable bonds is 6. The van der Waals surface area contributed by atoms with Crippen molar-refractivity contribution in [1.82, 2.24) is 0 Å². The molecule has 0 aliphatic rings. The minimum Gasteiger partial charge on any atom is -0.481 e. The van der Waals surface area contributed by atoms with Gasteiger partial charge in [0, 0.05) is 6.54 Å². The van der Waals surface area contributed by atoms with E-state index in [1.54, 1.807) is 0 Å². The van der Waals surface area contributed by atoms with E-state index < -0.39 is 11.9 Å². The predicted molar refractivity (Wildman–Crippen MR) is 68.9 cm³/mol. The Morgan fingerprint density at radius 3 is 2.00 bits per heavy atom. The van der Waals surface area contributed by atoms with Crippen LogP contribution in [-0.4, -0.2) is 17.6 Å². The molecule has 1 unspecified atom stereocenters. The van der Waals surface area contributed by atoms with E-state index in [4.69, 9.17) is 10.8 Å². The van der Waals surface area contributed by atoms with Crippen molar-refractivity contribution >= 4 is 5.97 Å². The lowest BCUT2D eigenvalue weighted by molar-refractivity contribution is -0.141. The Labute approximate surface area is 103 Å². The highest BCUT2D eigenvalue weighted by Crippen LogP contribution is 2.13. The molecule has 0 spiro atoms. The van der Waals surface area contributed by atoms with Gasteiger partial charge in [0.1, 0.15) is 0 Å². The lowest BCUT2D eigenvalue weighted by Gasteiger charge is -2.10. The van der Waals surface area contributed by atoms with Crippen LogP contribution in [0.1, 0.15) is 25.0 Å². The summed E-state index contributed by atoms with van der Waals surface area (Å²) in [4.78, 5) is 10.9. The second kappa shape index (κ2) is 6.40. The number of nitrogens with two attached hydrogens (primary N) is 1. The fraction of sp³-hybridized carbons (Fsp3) is 0.500. The Balaban J connectivity index is 2.64. The first-order valence-corrected chi connectivity index (χ1v) is 6.03. The monoisotopic (exact) mass is 235 g/mol. The molecule has 0 aliphatic carbocycles. The summed E-state index contributed by atoms with van der Waals surface area (Å²) in [5.74, 6) is -0.665. The van der Waals surface area contributed by atoms with Crippen LogP contribution in [0.15, 0.2) is 24.3 Å². The van der Waals surface area contributed by atoms with Crippen molar-refractivity contribution < 1.29 is 9.90 Å². The molecule has 3 N–H and O–H groups in total. The topological polar surface area (TPSA) is 63.3 Å². The van der Waals surface area contributed by atoms with Crippen LogP contribution >= 0.6 is 0 Å². The maximum Gasteiger partial charge on any atom is 0.308 e. The Hall–Kier alpha value is -1.35. The van der Waals surface area contributed by atoms with Gasteiger partial charge in [-0.1, -0.05) is 38.1 Å². The molecule has 17 heavy (non-hydrogen) atoms. The average molecular weight is 235 g/mol. The van der Waals surface area contributed by atoms with Gasteiger partial charge in [0.05, 0.1) is 5.92 Å². The van der Waals surface area contributed by atoms with Gasteiger partial charge in [-0.05, 0) is 29.9 Å². The number of carboxylic acids is 1. The van der Waals surface area contributed by atoms with Crippen molar-refractivity contribution in [3.63, 3.8) is 0 Å². The van der Waals surface area contributed by atoms with Crippen molar-refractivity contribution in [2.45, 2.75) is 26.7 Å². The zero-order chi connectivity index (χ0) is 12.8. The summed E-state index contributed by atoms with van der Waals surface area (Å²) >= 11 is 0. The lowest BCUT2D eigenvalue weighted by Crippen LogP contribution is -2.25. The summed E-state index contributed by atoms with van der Waals surface area (Å²) in [5, 5.41) is 8.93. The second-order valence-electron chi connectivity index (χ2n) is 4.89. The largest absolute Gasteiger partial charge is 0.481 e. The maximum absolute atomic E-state index is 10.9. The van der Waals surface area contributed by atoms with E-state index in [-0.39, 0.29) is 6.54 Å². The minimum absolute atomic E-state index is 0.184. The molecule has 1 rings (SSSR count). The van der Waals surface area contributed by atoms with Gasteiger partial charge in [0.25, 0.3) is 0 Å². The van der Waals surface area contributed by atoms with E-state index in [2.05, 4.69) is 26.0 Å². The number of benzene rings is 1. The highest BCUT2D eigenvalue weighted by Gasteiger charge is 2.15. The predicted octanol–water partition coefficient (Wildman–Crippen LogP) is 2.09. The first-order chi connectivity index (χ1) is 8.02. The fourth-order valence-electron chi connectivity index (χ4n) is 1.84. The molecule has 1 atom stereocenters. The molecule has 3 nitrogen and oxygen atoms in total. The molecule has 0 radical (unpaired) electrons. The van der Waals surface area contributed by atoms with E-state index in [9.17, 15) is 4.79 Å². The molecular weight excluding hydrogens is 214 g/mol. The molecule has 0 saturated heterocycles. The molecule has 0 amide bonds. The molecule has 3 heteroatoms. The Morgan fingerprint density at radius 2 is 1.65 bits per heavy atom. The van der Waals surface area contributed by atoms with Crippen LogP contribution in [0.25, 0.3) is 0 Å². The third-order valence-electron chi connectivity index (χ3n) is 2.78. The van der Waals surface area contributed by atoms with Gasteiger partial charge >= 0.3 is 5.97 Å². The third-order valence-corrected chi connectivity index (χ3v) is 2.78. The summed E-state index contributed by atoms with van der Waals surface area (Å²) in [6, 6.07) is 8.15. The molecule has 0 aromatic heterocycles. The zero-order valence-corrected chi connectivity index (χ0v) is 10.5. The molecule has 0 aliphatic heterocycles. The molecule has 1 aromatic carbocycles. The average Bonchev–Trinajstić information content (AvgIpc) is 2.26. The van der Waals surface area contributed by atoms with Crippen LogP contribution in [0.2, 0.25) is 0 Å². The van der Waals surface area contributed by atoms with Crippen LogP contribution in [0.5, 0.6) is 0 Å². The number of hydrogen-bond acceptors (Lipinski definition) is 2. The molecule has 0 bridgehead atoms. The highest BCUT2D eigenvalue weighted by molar-refractivity contribution is 5.70. The quantitative estimate of drug-likeness (QED) is 0.793. The van der Waals surface area contributed by atoms with E-state index in [1.165, 1.54) is 5.56 Å². The van der Waals surface area contributed by atoms with Gasteiger partial charge in [-0.25, -0.2) is 0 Å². The van der Waals surface area contributed by atoms with Crippen molar-refractivity contribution in [2.75, 3.05) is 6.54 Å². The van der Waals surface area contributed by atoms with Crippen molar-refractivity contribution in [3.05, 3.63) is 35.4 Å². The van der Waals surface area contributed by atoms with E-state index in [1.807, 2.05) is 12.1 Å². The second-order valence-corrected chi connectivity index (χ2v) is 4.89. The van der Waals surface area contributed by atoms with Crippen LogP contribution in [0.3, 0.4) is 0 Å². The maximum atomic E-state index is 10.9. The van der Waals surface area contributed by atoms with Gasteiger partial charge < -0.3 is 10.8 Å². The lowest BCUT2D eigenvalue weighted by atomic mass is 9.96. The summed E-state index contributed by atoms with van der Waals surface area (Å²) in [5.41, 5.74) is 7.77. The minimum atomic E-state index is -0.821. The van der Waals surface area contributed by atoms with E-state index in [0.29, 0.717) is 12.3 Å². The van der Waals surface area contributed by atoms with E-state index in [0.717, 1.165) is 12.0 Å². The standard InChI is InChI=1S/C14H21NO2/c1-10(2)7-11-3-5-12(6-4-11)8-13(9-15)14(16)17/h3-6,10,13H,7-9,15H2,1-2H3,(H,16,17). The summed E-state index contributed by atoms with van der Waals surface area (Å²) in [6.45, 7) is 4.55. The first kappa shape index (κ1) is 13.7. The summed E-state index contributed by atoms with van der Waals surface area (Å²) in [6.07, 6.45) is 1.56. The van der Waals surface area contributed by atoms with Crippen LogP contribution in [-0.2, 0) is 17.6 Å².